The van der Waals surface area contributed by atoms with Gasteiger partial charge in [-0.1, -0.05) is 53.4 Å². The first-order chi connectivity index (χ1) is 11.1. The number of rotatable bonds is 8. The van der Waals surface area contributed by atoms with Gasteiger partial charge in [-0.2, -0.15) is 0 Å². The summed E-state index contributed by atoms with van der Waals surface area (Å²) >= 11 is 0. The smallest absolute Gasteiger partial charge is 0.366 e. The molecule has 144 valence electrons. The van der Waals surface area contributed by atoms with E-state index in [1.807, 2.05) is 0 Å². The van der Waals surface area contributed by atoms with Crippen molar-refractivity contribution >= 4 is 35.6 Å². The van der Waals surface area contributed by atoms with Gasteiger partial charge in [0.2, 0.25) is 0 Å². The maximum atomic E-state index is 15.1. The minimum atomic E-state index is -4.67. The van der Waals surface area contributed by atoms with E-state index >= 15 is 16.4 Å². The topological polar surface area (TPSA) is 36.9 Å². The molecule has 0 atom stereocenters. The first-order valence-electron chi connectivity index (χ1n) is 8.63. The molecule has 0 spiro atoms. The molecular formula is C12H28F4O4Si4. The predicted octanol–water partition coefficient (Wildman–Crippen LogP) is 5.34. The number of hydrogen-bond acceptors (Lipinski definition) is 4. The van der Waals surface area contributed by atoms with Gasteiger partial charge < -0.3 is 16.5 Å². The van der Waals surface area contributed by atoms with E-state index in [-0.39, 0.29) is 24.2 Å². The van der Waals surface area contributed by atoms with Gasteiger partial charge in [-0.05, 0) is 0 Å². The molecule has 0 aromatic heterocycles. The van der Waals surface area contributed by atoms with Gasteiger partial charge in [0.1, 0.15) is 0 Å². The Labute approximate surface area is 146 Å². The van der Waals surface area contributed by atoms with Crippen molar-refractivity contribution in [1.29, 1.82) is 0 Å². The normalized spacial score (nSPS) is 41.0. The predicted molar refractivity (Wildman–Crippen MR) is 92.2 cm³/mol. The van der Waals surface area contributed by atoms with Gasteiger partial charge in [-0.25, -0.2) is 16.4 Å². The highest BCUT2D eigenvalue weighted by Gasteiger charge is 2.66. The second-order valence-electron chi connectivity index (χ2n) is 6.05. The van der Waals surface area contributed by atoms with Crippen LogP contribution in [-0.2, 0) is 16.5 Å². The lowest BCUT2D eigenvalue weighted by Gasteiger charge is -2.41. The lowest BCUT2D eigenvalue weighted by molar-refractivity contribution is 0.123. The van der Waals surface area contributed by atoms with E-state index in [0.717, 1.165) is 0 Å². The fraction of sp³-hybridized carbons (Fsp3) is 1.00. The zero-order valence-corrected chi connectivity index (χ0v) is 18.8. The summed E-state index contributed by atoms with van der Waals surface area (Å²) in [6.07, 6.45) is 1.18. The fourth-order valence-electron chi connectivity index (χ4n) is 2.60. The van der Waals surface area contributed by atoms with Crippen LogP contribution in [0.15, 0.2) is 0 Å². The Morgan fingerprint density at radius 3 is 0.750 bits per heavy atom. The molecule has 4 nitrogen and oxygen atoms in total. The molecule has 1 saturated heterocycles. The summed E-state index contributed by atoms with van der Waals surface area (Å²) in [5, 5.41) is 0. The third kappa shape index (κ3) is 6.30. The zero-order valence-electron chi connectivity index (χ0n) is 14.8. The highest BCUT2D eigenvalue weighted by atomic mass is 28.6. The molecule has 0 aromatic rings. The molecule has 0 saturated carbocycles. The Balaban J connectivity index is 3.24. The second kappa shape index (κ2) is 8.88. The average Bonchev–Trinajstić information content (AvgIpc) is 2.35. The van der Waals surface area contributed by atoms with Crippen molar-refractivity contribution in [3.63, 3.8) is 0 Å². The molecule has 0 N–H and O–H groups in total. The lowest BCUT2D eigenvalue weighted by Crippen LogP contribution is -2.66. The van der Waals surface area contributed by atoms with Gasteiger partial charge in [0.25, 0.3) is 0 Å². The molecule has 0 amide bonds. The van der Waals surface area contributed by atoms with E-state index in [1.165, 1.54) is 0 Å². The average molecular weight is 425 g/mol. The largest absolute Gasteiger partial charge is 0.526 e. The van der Waals surface area contributed by atoms with Crippen LogP contribution in [0.1, 0.15) is 53.4 Å². The molecular weight excluding hydrogens is 396 g/mol. The van der Waals surface area contributed by atoms with Crippen LogP contribution in [0.25, 0.3) is 0 Å². The summed E-state index contributed by atoms with van der Waals surface area (Å²) < 4.78 is 80.6. The van der Waals surface area contributed by atoms with E-state index in [0.29, 0.717) is 25.7 Å². The van der Waals surface area contributed by atoms with Gasteiger partial charge >= 0.3 is 35.6 Å². The molecule has 1 aliphatic heterocycles. The van der Waals surface area contributed by atoms with Crippen molar-refractivity contribution in [2.75, 3.05) is 0 Å². The molecule has 0 radical (unpaired) electrons. The van der Waals surface area contributed by atoms with Crippen LogP contribution in [0.3, 0.4) is 0 Å². The monoisotopic (exact) mass is 424 g/mol. The highest BCUT2D eigenvalue weighted by Crippen LogP contribution is 2.40. The minimum absolute atomic E-state index is 0.237. The number of hydrogen-bond donors (Lipinski definition) is 0. The van der Waals surface area contributed by atoms with E-state index < -0.39 is 35.6 Å². The van der Waals surface area contributed by atoms with Crippen LogP contribution < -0.4 is 0 Å². The van der Waals surface area contributed by atoms with Gasteiger partial charge in [-0.3, -0.25) is 0 Å². The SMILES string of the molecule is CCC[Si]1(F)O[Si](F)(CCC)O[Si](F)(CCC)O[Si](F)(CCC)O1. The van der Waals surface area contributed by atoms with E-state index in [4.69, 9.17) is 16.5 Å². The van der Waals surface area contributed by atoms with Gasteiger partial charge in [0, 0.05) is 24.2 Å². The molecule has 0 aliphatic carbocycles. The summed E-state index contributed by atoms with van der Waals surface area (Å²) in [6, 6.07) is -0.948. The van der Waals surface area contributed by atoms with Crippen molar-refractivity contribution in [2.45, 2.75) is 77.6 Å². The van der Waals surface area contributed by atoms with Crippen LogP contribution in [-0.4, -0.2) is 35.6 Å². The molecule has 0 bridgehead atoms. The van der Waals surface area contributed by atoms with E-state index in [9.17, 15) is 0 Å². The number of halogens is 4. The Bertz CT molecular complexity index is 327. The maximum Gasteiger partial charge on any atom is 0.526 e. The second-order valence-corrected chi connectivity index (χ2v) is 16.6. The van der Waals surface area contributed by atoms with Crippen LogP contribution >= 0.6 is 0 Å². The van der Waals surface area contributed by atoms with E-state index in [2.05, 4.69) is 0 Å². The summed E-state index contributed by atoms with van der Waals surface area (Å²) in [7, 11) is -18.7. The Hall–Kier alpha value is 0.428. The van der Waals surface area contributed by atoms with Crippen molar-refractivity contribution in [3.05, 3.63) is 0 Å². The Morgan fingerprint density at radius 2 is 0.625 bits per heavy atom. The maximum absolute atomic E-state index is 15.1. The third-order valence-electron chi connectivity index (χ3n) is 3.41. The van der Waals surface area contributed by atoms with Crippen LogP contribution in [0, 0.1) is 0 Å². The molecule has 0 aromatic carbocycles. The standard InChI is InChI=1S/C12H28F4O4Si4/c1-5-9-21(13)17-22(14,10-6-2)19-24(16,12-8-4)20-23(15,18-21)11-7-3/h5-12H2,1-4H3. The molecule has 1 fully saturated rings. The zero-order chi connectivity index (χ0) is 18.5. The molecule has 0 unspecified atom stereocenters. The Morgan fingerprint density at radius 1 is 0.458 bits per heavy atom. The minimum Gasteiger partial charge on any atom is -0.366 e. The van der Waals surface area contributed by atoms with Crippen molar-refractivity contribution in [1.82, 2.24) is 0 Å². The van der Waals surface area contributed by atoms with Crippen LogP contribution in [0.4, 0.5) is 16.4 Å². The van der Waals surface area contributed by atoms with Crippen molar-refractivity contribution in [3.8, 4) is 0 Å². The first kappa shape index (κ1) is 22.5. The molecule has 12 heteroatoms. The van der Waals surface area contributed by atoms with Gasteiger partial charge in [0.05, 0.1) is 0 Å². The van der Waals surface area contributed by atoms with Crippen LogP contribution in [0.5, 0.6) is 0 Å². The highest BCUT2D eigenvalue weighted by molar-refractivity contribution is 6.88. The van der Waals surface area contributed by atoms with Crippen molar-refractivity contribution in [2.24, 2.45) is 0 Å². The molecule has 1 rings (SSSR count). The van der Waals surface area contributed by atoms with Gasteiger partial charge in [-0.15, -0.1) is 0 Å². The van der Waals surface area contributed by atoms with Crippen LogP contribution in [0.2, 0.25) is 24.2 Å². The third-order valence-corrected chi connectivity index (χ3v) is 17.6. The summed E-state index contributed by atoms with van der Waals surface area (Å²) in [4.78, 5) is 0. The summed E-state index contributed by atoms with van der Waals surface area (Å²) in [5.74, 6) is 0. The summed E-state index contributed by atoms with van der Waals surface area (Å²) in [5.41, 5.74) is 0. The van der Waals surface area contributed by atoms with Gasteiger partial charge in [0.15, 0.2) is 0 Å². The lowest BCUT2D eigenvalue weighted by atomic mass is 10.6. The quantitative estimate of drug-likeness (QED) is 0.299. The molecule has 1 heterocycles. The van der Waals surface area contributed by atoms with E-state index in [1.54, 1.807) is 27.7 Å². The fourth-order valence-corrected chi connectivity index (χ4v) is 17.7. The van der Waals surface area contributed by atoms with Crippen molar-refractivity contribution < 1.29 is 32.9 Å². The Kier molecular flexibility index (Phi) is 8.31. The summed E-state index contributed by atoms with van der Waals surface area (Å²) in [6.45, 7) is 6.65. The molecule has 24 heavy (non-hydrogen) atoms. The molecule has 1 aliphatic rings. The first-order valence-corrected chi connectivity index (χ1v) is 16.2.